The van der Waals surface area contributed by atoms with Crippen LogP contribution in [-0.4, -0.2) is 22.9 Å². The Balaban J connectivity index is 1.72. The van der Waals surface area contributed by atoms with E-state index in [1.54, 1.807) is 6.07 Å². The van der Waals surface area contributed by atoms with Gasteiger partial charge in [-0.25, -0.2) is 4.79 Å². The van der Waals surface area contributed by atoms with Crippen LogP contribution in [0.25, 0.3) is 0 Å². The summed E-state index contributed by atoms with van der Waals surface area (Å²) in [6, 6.07) is 16.3. The smallest absolute Gasteiger partial charge is 0.340 e. The Labute approximate surface area is 173 Å². The number of Topliss-reactive ketones (excluding diaryl/α,β-unsaturated/α-hetero) is 1. The molecule has 3 rings (SSSR count). The standard InChI is InChI=1S/C22H19Cl2NO3/c1-14-10-18(15(2)25(14)12-16-6-4-3-5-7-16)21(26)13-28-22(27)19-11-17(23)8-9-20(19)24/h3-11H,12-13H2,1-2H3. The van der Waals surface area contributed by atoms with Crippen molar-refractivity contribution < 1.29 is 14.3 Å². The van der Waals surface area contributed by atoms with Gasteiger partial charge in [-0.2, -0.15) is 0 Å². The number of nitrogens with zero attached hydrogens (tertiary/aromatic N) is 1. The van der Waals surface area contributed by atoms with Crippen molar-refractivity contribution in [1.29, 1.82) is 0 Å². The Kier molecular flexibility index (Phi) is 6.22. The van der Waals surface area contributed by atoms with Crippen molar-refractivity contribution in [3.8, 4) is 0 Å². The normalized spacial score (nSPS) is 10.7. The molecule has 0 aliphatic rings. The van der Waals surface area contributed by atoms with Crippen LogP contribution in [0.4, 0.5) is 0 Å². The zero-order valence-electron chi connectivity index (χ0n) is 15.5. The van der Waals surface area contributed by atoms with Crippen LogP contribution in [0.5, 0.6) is 0 Å². The van der Waals surface area contributed by atoms with E-state index in [4.69, 9.17) is 27.9 Å². The molecule has 0 atom stereocenters. The van der Waals surface area contributed by atoms with E-state index in [1.807, 2.05) is 50.2 Å². The number of ether oxygens (including phenoxy) is 1. The van der Waals surface area contributed by atoms with E-state index >= 15 is 0 Å². The molecule has 1 aromatic heterocycles. The van der Waals surface area contributed by atoms with Gasteiger partial charge in [0.05, 0.1) is 10.6 Å². The van der Waals surface area contributed by atoms with Crippen LogP contribution in [0, 0.1) is 13.8 Å². The number of carbonyl (C=O) groups is 2. The van der Waals surface area contributed by atoms with Gasteiger partial charge in [-0.3, -0.25) is 4.79 Å². The number of rotatable bonds is 6. The fourth-order valence-electron chi connectivity index (χ4n) is 3.03. The Morgan fingerprint density at radius 2 is 1.68 bits per heavy atom. The summed E-state index contributed by atoms with van der Waals surface area (Å²) in [5.41, 5.74) is 3.62. The number of aryl methyl sites for hydroxylation is 1. The second-order valence-corrected chi connectivity index (χ2v) is 7.32. The summed E-state index contributed by atoms with van der Waals surface area (Å²) < 4.78 is 7.23. The predicted octanol–water partition coefficient (Wildman–Crippen LogP) is 5.50. The third-order valence-electron chi connectivity index (χ3n) is 4.54. The minimum atomic E-state index is -0.682. The lowest BCUT2D eigenvalue weighted by atomic mass is 10.1. The molecule has 4 nitrogen and oxygen atoms in total. The summed E-state index contributed by atoms with van der Waals surface area (Å²) in [5.74, 6) is -0.946. The molecule has 0 N–H and O–H groups in total. The largest absolute Gasteiger partial charge is 0.454 e. The van der Waals surface area contributed by atoms with Crippen LogP contribution in [0.1, 0.15) is 37.7 Å². The maximum absolute atomic E-state index is 12.6. The fourth-order valence-corrected chi connectivity index (χ4v) is 3.40. The number of hydrogen-bond acceptors (Lipinski definition) is 3. The summed E-state index contributed by atoms with van der Waals surface area (Å²) in [6.45, 7) is 4.14. The number of ketones is 1. The van der Waals surface area contributed by atoms with E-state index < -0.39 is 5.97 Å². The average Bonchev–Trinajstić information content (AvgIpc) is 2.97. The van der Waals surface area contributed by atoms with Crippen molar-refractivity contribution in [2.75, 3.05) is 6.61 Å². The van der Waals surface area contributed by atoms with E-state index in [1.165, 1.54) is 12.1 Å². The van der Waals surface area contributed by atoms with Crippen LogP contribution in [-0.2, 0) is 11.3 Å². The van der Waals surface area contributed by atoms with E-state index in [9.17, 15) is 9.59 Å². The lowest BCUT2D eigenvalue weighted by Gasteiger charge is -2.10. The summed E-state index contributed by atoms with van der Waals surface area (Å²) in [7, 11) is 0. The van der Waals surface area contributed by atoms with Crippen LogP contribution in [0.3, 0.4) is 0 Å². The molecule has 0 aliphatic heterocycles. The third-order valence-corrected chi connectivity index (χ3v) is 5.10. The molecule has 0 fully saturated rings. The molecule has 2 aromatic carbocycles. The topological polar surface area (TPSA) is 48.3 Å². The number of aromatic nitrogens is 1. The number of esters is 1. The van der Waals surface area contributed by atoms with Crippen molar-refractivity contribution in [3.05, 3.63) is 92.7 Å². The van der Waals surface area contributed by atoms with Gasteiger partial charge in [0.1, 0.15) is 0 Å². The number of hydrogen-bond donors (Lipinski definition) is 0. The van der Waals surface area contributed by atoms with E-state index in [-0.39, 0.29) is 23.0 Å². The van der Waals surface area contributed by atoms with Gasteiger partial charge in [0.25, 0.3) is 0 Å². The molecule has 6 heteroatoms. The first-order valence-corrected chi connectivity index (χ1v) is 9.48. The molecule has 0 saturated carbocycles. The second-order valence-electron chi connectivity index (χ2n) is 6.48. The van der Waals surface area contributed by atoms with Gasteiger partial charge < -0.3 is 9.30 Å². The Morgan fingerprint density at radius 3 is 2.39 bits per heavy atom. The van der Waals surface area contributed by atoms with E-state index in [2.05, 4.69) is 4.57 Å². The van der Waals surface area contributed by atoms with Crippen molar-refractivity contribution in [2.45, 2.75) is 20.4 Å². The Morgan fingerprint density at radius 1 is 0.964 bits per heavy atom. The van der Waals surface area contributed by atoms with Gasteiger partial charge in [0.15, 0.2) is 6.61 Å². The summed E-state index contributed by atoms with van der Waals surface area (Å²) in [4.78, 5) is 24.9. The molecule has 0 unspecified atom stereocenters. The molecule has 0 aliphatic carbocycles. The maximum Gasteiger partial charge on any atom is 0.340 e. The van der Waals surface area contributed by atoms with E-state index in [0.717, 1.165) is 17.0 Å². The van der Waals surface area contributed by atoms with Crippen LogP contribution < -0.4 is 0 Å². The molecule has 0 radical (unpaired) electrons. The van der Waals surface area contributed by atoms with Crippen LogP contribution in [0.2, 0.25) is 10.0 Å². The van der Waals surface area contributed by atoms with E-state index in [0.29, 0.717) is 17.1 Å². The van der Waals surface area contributed by atoms with Crippen molar-refractivity contribution >= 4 is 35.0 Å². The minimum absolute atomic E-state index is 0.136. The predicted molar refractivity (Wildman–Crippen MR) is 111 cm³/mol. The number of carbonyl (C=O) groups excluding carboxylic acids is 2. The molecular weight excluding hydrogens is 397 g/mol. The second kappa shape index (κ2) is 8.63. The third kappa shape index (κ3) is 4.46. The van der Waals surface area contributed by atoms with Gasteiger partial charge >= 0.3 is 5.97 Å². The maximum atomic E-state index is 12.6. The Hall–Kier alpha value is -2.56. The van der Waals surface area contributed by atoms with Gasteiger partial charge in [0, 0.05) is 28.5 Å². The van der Waals surface area contributed by atoms with Gasteiger partial charge in [-0.15, -0.1) is 0 Å². The first-order chi connectivity index (χ1) is 13.4. The molecule has 144 valence electrons. The highest BCUT2D eigenvalue weighted by molar-refractivity contribution is 6.35. The SMILES string of the molecule is Cc1cc(C(=O)COC(=O)c2cc(Cl)ccc2Cl)c(C)n1Cc1ccccc1. The lowest BCUT2D eigenvalue weighted by Crippen LogP contribution is -2.15. The number of halogens is 2. The molecular formula is C22H19Cl2NO3. The first-order valence-electron chi connectivity index (χ1n) is 8.73. The highest BCUT2D eigenvalue weighted by Gasteiger charge is 2.19. The fraction of sp³-hybridized carbons (Fsp3) is 0.182. The monoisotopic (exact) mass is 415 g/mol. The van der Waals surface area contributed by atoms with Crippen LogP contribution in [0.15, 0.2) is 54.6 Å². The highest BCUT2D eigenvalue weighted by atomic mass is 35.5. The molecule has 28 heavy (non-hydrogen) atoms. The zero-order chi connectivity index (χ0) is 20.3. The molecule has 0 saturated heterocycles. The molecule has 0 spiro atoms. The minimum Gasteiger partial charge on any atom is -0.454 e. The molecule has 1 heterocycles. The average molecular weight is 416 g/mol. The summed E-state index contributed by atoms with van der Waals surface area (Å²) >= 11 is 11.9. The van der Waals surface area contributed by atoms with Crippen molar-refractivity contribution in [2.24, 2.45) is 0 Å². The van der Waals surface area contributed by atoms with Gasteiger partial charge in [-0.1, -0.05) is 53.5 Å². The van der Waals surface area contributed by atoms with Crippen molar-refractivity contribution in [1.82, 2.24) is 4.57 Å². The van der Waals surface area contributed by atoms with Gasteiger partial charge in [0.2, 0.25) is 5.78 Å². The first kappa shape index (κ1) is 20.2. The highest BCUT2D eigenvalue weighted by Crippen LogP contribution is 2.22. The van der Waals surface area contributed by atoms with Gasteiger partial charge in [-0.05, 0) is 43.7 Å². The lowest BCUT2D eigenvalue weighted by molar-refractivity contribution is 0.0474. The quantitative estimate of drug-likeness (QED) is 0.394. The summed E-state index contributed by atoms with van der Waals surface area (Å²) in [5, 5.41) is 0.593. The zero-order valence-corrected chi connectivity index (χ0v) is 17.1. The Bertz CT molecular complexity index is 1030. The molecule has 0 amide bonds. The summed E-state index contributed by atoms with van der Waals surface area (Å²) in [6.07, 6.45) is 0. The molecule has 3 aromatic rings. The molecule has 0 bridgehead atoms. The number of benzene rings is 2. The van der Waals surface area contributed by atoms with Crippen LogP contribution >= 0.6 is 23.2 Å². The van der Waals surface area contributed by atoms with Crippen molar-refractivity contribution in [3.63, 3.8) is 0 Å².